The molecular weight excluding hydrogens is 100 g/mol. The first-order chi connectivity index (χ1) is 3.81. The second-order valence-electron chi connectivity index (χ2n) is 1.41. The van der Waals surface area contributed by atoms with E-state index in [0.29, 0.717) is 6.42 Å². The fraction of sp³-hybridized carbons (Fsp3) is 0.286. The molecule has 0 aromatic carbocycles. The maximum atomic E-state index is 10.4. The molecule has 8 heavy (non-hydrogen) atoms. The van der Waals surface area contributed by atoms with Gasteiger partial charge in [0.2, 0.25) is 0 Å². The third-order valence-corrected chi connectivity index (χ3v) is 0.767. The molecule has 0 atom stereocenters. The molecule has 0 saturated carbocycles. The van der Waals surface area contributed by atoms with E-state index in [1.54, 1.807) is 12.2 Å². The van der Waals surface area contributed by atoms with Crippen LogP contribution in [0.3, 0.4) is 0 Å². The summed E-state index contributed by atoms with van der Waals surface area (Å²) in [5.41, 5.74) is 0. The van der Waals surface area contributed by atoms with Crippen LogP contribution in [0.15, 0.2) is 24.8 Å². The smallest absolute Gasteiger partial charge is 0.155 e. The summed E-state index contributed by atoms with van der Waals surface area (Å²) >= 11 is 0. The van der Waals surface area contributed by atoms with Crippen molar-refractivity contribution >= 4 is 5.78 Å². The van der Waals surface area contributed by atoms with Gasteiger partial charge < -0.3 is 0 Å². The van der Waals surface area contributed by atoms with E-state index in [9.17, 15) is 4.79 Å². The Kier molecular flexibility index (Phi) is 3.85. The van der Waals surface area contributed by atoms with Gasteiger partial charge in [0.25, 0.3) is 0 Å². The number of hydrogen-bond acceptors (Lipinski definition) is 1. The van der Waals surface area contributed by atoms with Crippen LogP contribution in [0.4, 0.5) is 0 Å². The summed E-state index contributed by atoms with van der Waals surface area (Å²) in [5.74, 6) is 0.143. The van der Waals surface area contributed by atoms with E-state index in [-0.39, 0.29) is 5.78 Å². The first-order valence-electron chi connectivity index (χ1n) is 2.63. The van der Waals surface area contributed by atoms with Crippen LogP contribution >= 0.6 is 0 Å². The van der Waals surface area contributed by atoms with Gasteiger partial charge in [-0.1, -0.05) is 25.7 Å². The molecule has 0 aliphatic heterocycles. The largest absolute Gasteiger partial charge is 0.295 e. The van der Waals surface area contributed by atoms with Crippen LogP contribution in [-0.4, -0.2) is 5.78 Å². The monoisotopic (exact) mass is 110 g/mol. The topological polar surface area (TPSA) is 17.1 Å². The van der Waals surface area contributed by atoms with Gasteiger partial charge >= 0.3 is 0 Å². The van der Waals surface area contributed by atoms with Gasteiger partial charge in [0.05, 0.1) is 0 Å². The molecule has 0 bridgehead atoms. The molecule has 44 valence electrons. The Morgan fingerprint density at radius 2 is 2.38 bits per heavy atom. The van der Waals surface area contributed by atoms with Crippen LogP contribution in [0, 0.1) is 0 Å². The van der Waals surface area contributed by atoms with Crippen molar-refractivity contribution in [3.05, 3.63) is 24.8 Å². The zero-order valence-electron chi connectivity index (χ0n) is 5.05. The quantitative estimate of drug-likeness (QED) is 0.399. The minimum absolute atomic E-state index is 0.143. The van der Waals surface area contributed by atoms with Crippen LogP contribution in [0.5, 0.6) is 0 Å². The summed E-state index contributed by atoms with van der Waals surface area (Å²) in [7, 11) is 0. The van der Waals surface area contributed by atoms with E-state index in [1.165, 1.54) is 6.08 Å². The third kappa shape index (κ3) is 3.34. The molecule has 1 nitrogen and oxygen atoms in total. The number of ketones is 1. The van der Waals surface area contributed by atoms with E-state index in [2.05, 4.69) is 6.58 Å². The van der Waals surface area contributed by atoms with E-state index < -0.39 is 0 Å². The normalized spacial score (nSPS) is 9.62. The Labute approximate surface area is 49.7 Å². The van der Waals surface area contributed by atoms with Crippen molar-refractivity contribution in [2.45, 2.75) is 13.3 Å². The van der Waals surface area contributed by atoms with E-state index >= 15 is 0 Å². The highest BCUT2D eigenvalue weighted by molar-refractivity contribution is 5.89. The van der Waals surface area contributed by atoms with Gasteiger partial charge in [-0.2, -0.15) is 0 Å². The summed E-state index contributed by atoms with van der Waals surface area (Å²) in [4.78, 5) is 10.4. The minimum atomic E-state index is 0.143. The number of hydrogen-bond donors (Lipinski definition) is 0. The summed E-state index contributed by atoms with van der Waals surface area (Å²) in [6, 6.07) is 0. The molecule has 0 aliphatic rings. The number of rotatable bonds is 3. The number of carbonyl (C=O) groups excluding carboxylic acids is 1. The SMILES string of the molecule is C=C/C=C/C(=O)CC. The Morgan fingerprint density at radius 3 is 2.75 bits per heavy atom. The van der Waals surface area contributed by atoms with Gasteiger partial charge in [0.1, 0.15) is 0 Å². The van der Waals surface area contributed by atoms with Gasteiger partial charge in [0.15, 0.2) is 5.78 Å². The molecule has 0 aromatic rings. The fourth-order valence-corrected chi connectivity index (χ4v) is 0.293. The average Bonchev–Trinajstić information content (AvgIpc) is 1.83. The predicted octanol–water partition coefficient (Wildman–Crippen LogP) is 1.71. The maximum Gasteiger partial charge on any atom is 0.155 e. The molecule has 0 aromatic heterocycles. The molecule has 0 N–H and O–H groups in total. The second kappa shape index (κ2) is 4.31. The lowest BCUT2D eigenvalue weighted by molar-refractivity contribution is -0.114. The van der Waals surface area contributed by atoms with Crippen molar-refractivity contribution in [2.75, 3.05) is 0 Å². The molecule has 0 fully saturated rings. The molecule has 0 saturated heterocycles. The molecule has 1 heteroatoms. The minimum Gasteiger partial charge on any atom is -0.295 e. The second-order valence-corrected chi connectivity index (χ2v) is 1.41. The summed E-state index contributed by atoms with van der Waals surface area (Å²) in [6.45, 7) is 5.26. The van der Waals surface area contributed by atoms with Gasteiger partial charge in [-0.3, -0.25) is 4.79 Å². The lowest BCUT2D eigenvalue weighted by atomic mass is 10.3. The summed E-state index contributed by atoms with van der Waals surface area (Å²) in [5, 5.41) is 0. The Hall–Kier alpha value is -0.850. The molecule has 0 heterocycles. The predicted molar refractivity (Wildman–Crippen MR) is 34.6 cm³/mol. The van der Waals surface area contributed by atoms with Crippen molar-refractivity contribution in [1.82, 2.24) is 0 Å². The van der Waals surface area contributed by atoms with Crippen LogP contribution in [0.25, 0.3) is 0 Å². The highest BCUT2D eigenvalue weighted by Crippen LogP contribution is 1.82. The summed E-state index contributed by atoms with van der Waals surface area (Å²) in [6.07, 6.45) is 5.33. The Balaban J connectivity index is 3.52. The molecule has 0 unspecified atom stereocenters. The average molecular weight is 110 g/mol. The zero-order chi connectivity index (χ0) is 6.41. The van der Waals surface area contributed by atoms with Crippen LogP contribution in [-0.2, 0) is 4.79 Å². The zero-order valence-corrected chi connectivity index (χ0v) is 5.05. The van der Waals surface area contributed by atoms with E-state index in [0.717, 1.165) is 0 Å². The highest BCUT2D eigenvalue weighted by atomic mass is 16.1. The third-order valence-electron chi connectivity index (χ3n) is 0.767. The Morgan fingerprint density at radius 1 is 1.75 bits per heavy atom. The lowest BCUT2D eigenvalue weighted by Gasteiger charge is -1.79. The van der Waals surface area contributed by atoms with Crippen LogP contribution in [0.1, 0.15) is 13.3 Å². The van der Waals surface area contributed by atoms with Crippen molar-refractivity contribution in [3.8, 4) is 0 Å². The molecule has 0 rings (SSSR count). The highest BCUT2D eigenvalue weighted by Gasteiger charge is 1.84. The lowest BCUT2D eigenvalue weighted by Crippen LogP contribution is -1.85. The van der Waals surface area contributed by atoms with Crippen molar-refractivity contribution in [3.63, 3.8) is 0 Å². The number of allylic oxidation sites excluding steroid dienone is 3. The number of carbonyl (C=O) groups is 1. The van der Waals surface area contributed by atoms with Crippen molar-refractivity contribution in [2.24, 2.45) is 0 Å². The molecule has 0 spiro atoms. The van der Waals surface area contributed by atoms with Gasteiger partial charge in [-0.25, -0.2) is 0 Å². The van der Waals surface area contributed by atoms with Gasteiger partial charge in [0, 0.05) is 6.42 Å². The first kappa shape index (κ1) is 7.15. The standard InChI is InChI=1S/C7H10O/c1-3-5-6-7(8)4-2/h3,5-6H,1,4H2,2H3/b6-5+. The van der Waals surface area contributed by atoms with Crippen molar-refractivity contribution < 1.29 is 4.79 Å². The van der Waals surface area contributed by atoms with Crippen LogP contribution < -0.4 is 0 Å². The van der Waals surface area contributed by atoms with Crippen molar-refractivity contribution in [1.29, 1.82) is 0 Å². The molecule has 0 aliphatic carbocycles. The Bertz CT molecular complexity index is 112. The first-order valence-corrected chi connectivity index (χ1v) is 2.63. The summed E-state index contributed by atoms with van der Waals surface area (Å²) < 4.78 is 0. The molecular formula is C7H10O. The van der Waals surface area contributed by atoms with Gasteiger partial charge in [-0.05, 0) is 6.08 Å². The maximum absolute atomic E-state index is 10.4. The fourth-order valence-electron chi connectivity index (χ4n) is 0.293. The van der Waals surface area contributed by atoms with E-state index in [1.807, 2.05) is 6.92 Å². The molecule has 0 amide bonds. The van der Waals surface area contributed by atoms with Gasteiger partial charge in [-0.15, -0.1) is 0 Å². The molecule has 0 radical (unpaired) electrons. The van der Waals surface area contributed by atoms with Crippen LogP contribution in [0.2, 0.25) is 0 Å². The van der Waals surface area contributed by atoms with E-state index in [4.69, 9.17) is 0 Å².